The van der Waals surface area contributed by atoms with Crippen LogP contribution < -0.4 is 5.73 Å². The zero-order chi connectivity index (χ0) is 13.6. The topological polar surface area (TPSA) is 26.0 Å². The lowest BCUT2D eigenvalue weighted by atomic mass is 9.85. The van der Waals surface area contributed by atoms with Crippen LogP contribution in [0.3, 0.4) is 0 Å². The van der Waals surface area contributed by atoms with Gasteiger partial charge in [-0.3, -0.25) is 0 Å². The summed E-state index contributed by atoms with van der Waals surface area (Å²) in [6.07, 6.45) is 0.992. The van der Waals surface area contributed by atoms with Crippen LogP contribution >= 0.6 is 0 Å². The molecule has 4 heteroatoms. The minimum absolute atomic E-state index is 0.123. The Balaban J connectivity index is 2.19. The highest BCUT2D eigenvalue weighted by Gasteiger charge is 2.39. The van der Waals surface area contributed by atoms with Crippen LogP contribution in [-0.2, 0) is 12.0 Å². The first-order valence-corrected chi connectivity index (χ1v) is 6.04. The molecule has 1 aliphatic carbocycles. The number of aryl methyl sites for hydroxylation is 1. The Hall–Kier alpha value is -1.81. The third kappa shape index (κ3) is 1.75. The molecule has 0 saturated carbocycles. The van der Waals surface area contributed by atoms with Crippen LogP contribution in [0.4, 0.5) is 13.2 Å². The predicted molar refractivity (Wildman–Crippen MR) is 66.0 cm³/mol. The van der Waals surface area contributed by atoms with Crippen molar-refractivity contribution < 1.29 is 13.2 Å². The number of benzene rings is 2. The van der Waals surface area contributed by atoms with E-state index in [1.807, 2.05) is 0 Å². The molecule has 0 spiro atoms. The first kappa shape index (κ1) is 12.2. The summed E-state index contributed by atoms with van der Waals surface area (Å²) >= 11 is 0. The normalized spacial score (nSPS) is 21.5. The molecule has 0 aromatic heterocycles. The molecule has 0 heterocycles. The summed E-state index contributed by atoms with van der Waals surface area (Å²) in [5.41, 5.74) is 6.74. The Morgan fingerprint density at radius 3 is 2.58 bits per heavy atom. The number of hydrogen-bond donors (Lipinski definition) is 1. The highest BCUT2D eigenvalue weighted by Crippen LogP contribution is 2.41. The van der Waals surface area contributed by atoms with E-state index in [2.05, 4.69) is 0 Å². The van der Waals surface area contributed by atoms with E-state index < -0.39 is 17.2 Å². The van der Waals surface area contributed by atoms with E-state index in [1.54, 1.807) is 6.07 Å². The Bertz CT molecular complexity index is 654. The molecule has 0 fully saturated rings. The van der Waals surface area contributed by atoms with E-state index in [9.17, 15) is 13.2 Å². The molecule has 2 N–H and O–H groups in total. The predicted octanol–water partition coefficient (Wildman–Crippen LogP) is 3.25. The van der Waals surface area contributed by atoms with Gasteiger partial charge in [0.15, 0.2) is 11.6 Å². The highest BCUT2D eigenvalue weighted by molar-refractivity contribution is 5.47. The molecule has 2 aromatic rings. The fourth-order valence-corrected chi connectivity index (χ4v) is 2.80. The lowest BCUT2D eigenvalue weighted by molar-refractivity contribution is 0.451. The fraction of sp³-hybridized carbons (Fsp3) is 0.200. The maximum Gasteiger partial charge on any atom is 0.164 e. The number of fused-ring (bicyclic) bond motifs is 1. The van der Waals surface area contributed by atoms with E-state index in [0.717, 1.165) is 11.6 Å². The SMILES string of the molecule is NC1(c2cccc(F)c2F)CCc2cc(F)ccc21. The van der Waals surface area contributed by atoms with Gasteiger partial charge in [-0.2, -0.15) is 0 Å². The van der Waals surface area contributed by atoms with Crippen molar-refractivity contribution in [2.45, 2.75) is 18.4 Å². The van der Waals surface area contributed by atoms with Gasteiger partial charge >= 0.3 is 0 Å². The average Bonchev–Trinajstić information content (AvgIpc) is 2.71. The smallest absolute Gasteiger partial charge is 0.164 e. The first-order valence-electron chi connectivity index (χ1n) is 6.04. The van der Waals surface area contributed by atoms with Crippen molar-refractivity contribution in [3.05, 3.63) is 70.5 Å². The van der Waals surface area contributed by atoms with Gasteiger partial charge in [-0.25, -0.2) is 13.2 Å². The Morgan fingerprint density at radius 1 is 1.00 bits per heavy atom. The molecule has 0 radical (unpaired) electrons. The zero-order valence-electron chi connectivity index (χ0n) is 10.1. The summed E-state index contributed by atoms with van der Waals surface area (Å²) in [5.74, 6) is -2.19. The van der Waals surface area contributed by atoms with Crippen molar-refractivity contribution in [2.75, 3.05) is 0 Å². The molecule has 1 unspecified atom stereocenters. The Morgan fingerprint density at radius 2 is 1.79 bits per heavy atom. The molecule has 0 saturated heterocycles. The number of nitrogens with two attached hydrogens (primary N) is 1. The summed E-state index contributed by atoms with van der Waals surface area (Å²) in [7, 11) is 0. The molecule has 1 atom stereocenters. The van der Waals surface area contributed by atoms with Crippen LogP contribution in [0, 0.1) is 17.5 Å². The summed E-state index contributed by atoms with van der Waals surface area (Å²) < 4.78 is 40.5. The standard InChI is InChI=1S/C15H12F3N/c16-10-4-5-11-9(8-10)6-7-15(11,19)12-2-1-3-13(17)14(12)18/h1-5,8H,6-7,19H2. The van der Waals surface area contributed by atoms with Crippen LogP contribution in [0.1, 0.15) is 23.1 Å². The van der Waals surface area contributed by atoms with Crippen molar-refractivity contribution in [3.63, 3.8) is 0 Å². The third-order valence-electron chi connectivity index (χ3n) is 3.77. The fourth-order valence-electron chi connectivity index (χ4n) is 2.80. The van der Waals surface area contributed by atoms with E-state index in [0.29, 0.717) is 18.4 Å². The van der Waals surface area contributed by atoms with Crippen LogP contribution in [0.2, 0.25) is 0 Å². The summed E-state index contributed by atoms with van der Waals surface area (Å²) in [5, 5.41) is 0. The summed E-state index contributed by atoms with van der Waals surface area (Å²) in [6, 6.07) is 8.23. The summed E-state index contributed by atoms with van der Waals surface area (Å²) in [6.45, 7) is 0. The minimum atomic E-state index is -1.09. The lowest BCUT2D eigenvalue weighted by Crippen LogP contribution is -2.36. The molecule has 0 aliphatic heterocycles. The number of rotatable bonds is 1. The van der Waals surface area contributed by atoms with Gasteiger partial charge in [0.2, 0.25) is 0 Å². The van der Waals surface area contributed by atoms with Crippen molar-refractivity contribution >= 4 is 0 Å². The van der Waals surface area contributed by atoms with Gasteiger partial charge in [0.05, 0.1) is 5.54 Å². The van der Waals surface area contributed by atoms with E-state index in [4.69, 9.17) is 5.73 Å². The minimum Gasteiger partial charge on any atom is -0.318 e. The van der Waals surface area contributed by atoms with Gasteiger partial charge in [-0.15, -0.1) is 0 Å². The third-order valence-corrected chi connectivity index (χ3v) is 3.77. The van der Waals surface area contributed by atoms with Crippen LogP contribution in [0.25, 0.3) is 0 Å². The highest BCUT2D eigenvalue weighted by atomic mass is 19.2. The average molecular weight is 263 g/mol. The quantitative estimate of drug-likeness (QED) is 0.839. The molecule has 1 nitrogen and oxygen atoms in total. The number of halogens is 3. The van der Waals surface area contributed by atoms with Crippen molar-refractivity contribution in [1.29, 1.82) is 0 Å². The van der Waals surface area contributed by atoms with Crippen LogP contribution in [0.15, 0.2) is 36.4 Å². The monoisotopic (exact) mass is 263 g/mol. The Kier molecular flexibility index (Phi) is 2.64. The van der Waals surface area contributed by atoms with Gasteiger partial charge < -0.3 is 5.73 Å². The zero-order valence-corrected chi connectivity index (χ0v) is 10.1. The molecular formula is C15H12F3N. The first-order chi connectivity index (χ1) is 9.02. The molecule has 98 valence electrons. The Labute approximate surface area is 108 Å². The molecule has 0 bridgehead atoms. The van der Waals surface area contributed by atoms with Gasteiger partial charge in [0.1, 0.15) is 5.82 Å². The van der Waals surface area contributed by atoms with Gasteiger partial charge in [0, 0.05) is 5.56 Å². The van der Waals surface area contributed by atoms with Crippen LogP contribution in [0.5, 0.6) is 0 Å². The van der Waals surface area contributed by atoms with Gasteiger partial charge in [-0.1, -0.05) is 18.2 Å². The maximum absolute atomic E-state index is 13.9. The van der Waals surface area contributed by atoms with E-state index >= 15 is 0 Å². The molecular weight excluding hydrogens is 251 g/mol. The van der Waals surface area contributed by atoms with Crippen LogP contribution in [-0.4, -0.2) is 0 Å². The molecule has 1 aliphatic rings. The lowest BCUT2D eigenvalue weighted by Gasteiger charge is -2.26. The molecule has 19 heavy (non-hydrogen) atoms. The van der Waals surface area contributed by atoms with Gasteiger partial charge in [0.25, 0.3) is 0 Å². The van der Waals surface area contributed by atoms with Crippen molar-refractivity contribution in [2.24, 2.45) is 5.73 Å². The van der Waals surface area contributed by atoms with Crippen molar-refractivity contribution in [3.8, 4) is 0 Å². The second-order valence-electron chi connectivity index (χ2n) is 4.87. The molecule has 0 amide bonds. The van der Waals surface area contributed by atoms with E-state index in [-0.39, 0.29) is 11.4 Å². The second-order valence-corrected chi connectivity index (χ2v) is 4.87. The van der Waals surface area contributed by atoms with Gasteiger partial charge in [-0.05, 0) is 42.2 Å². The molecule has 2 aromatic carbocycles. The molecule has 3 rings (SSSR count). The maximum atomic E-state index is 13.9. The summed E-state index contributed by atoms with van der Waals surface area (Å²) in [4.78, 5) is 0. The second kappa shape index (κ2) is 4.10. The number of hydrogen-bond acceptors (Lipinski definition) is 1. The van der Waals surface area contributed by atoms with Crippen molar-refractivity contribution in [1.82, 2.24) is 0 Å². The largest absolute Gasteiger partial charge is 0.318 e. The van der Waals surface area contributed by atoms with E-state index in [1.165, 1.54) is 24.3 Å².